The number of nitrogen functional groups attached to an aromatic ring is 1. The lowest BCUT2D eigenvalue weighted by Gasteiger charge is -2.07. The van der Waals surface area contributed by atoms with Crippen molar-refractivity contribution < 1.29 is 9.53 Å². The second kappa shape index (κ2) is 8.00. The van der Waals surface area contributed by atoms with Crippen LogP contribution in [0.3, 0.4) is 0 Å². The van der Waals surface area contributed by atoms with E-state index in [1.165, 1.54) is 11.8 Å². The summed E-state index contributed by atoms with van der Waals surface area (Å²) in [7, 11) is 1.65. The van der Waals surface area contributed by atoms with Gasteiger partial charge in [-0.15, -0.1) is 11.8 Å². The van der Waals surface area contributed by atoms with E-state index in [0.29, 0.717) is 18.9 Å². The van der Waals surface area contributed by atoms with Crippen LogP contribution in [0.1, 0.15) is 12.0 Å². The van der Waals surface area contributed by atoms with E-state index in [4.69, 9.17) is 10.5 Å². The van der Waals surface area contributed by atoms with Crippen molar-refractivity contribution in [2.24, 2.45) is 0 Å². The SMILES string of the molecule is COCCCNC(=O)CSc1ccc(C)cc1N. The predicted octanol–water partition coefficient (Wildman–Crippen LogP) is 1.82. The van der Waals surface area contributed by atoms with E-state index in [0.717, 1.165) is 22.6 Å². The van der Waals surface area contributed by atoms with Crippen LogP contribution >= 0.6 is 11.8 Å². The Morgan fingerprint density at radius 3 is 2.94 bits per heavy atom. The molecule has 0 aromatic heterocycles. The third-order valence-corrected chi connectivity index (χ3v) is 3.46. The largest absolute Gasteiger partial charge is 0.398 e. The van der Waals surface area contributed by atoms with Crippen molar-refractivity contribution in [3.05, 3.63) is 23.8 Å². The molecule has 0 unspecified atom stereocenters. The van der Waals surface area contributed by atoms with Crippen molar-refractivity contribution >= 4 is 23.4 Å². The minimum Gasteiger partial charge on any atom is -0.398 e. The molecule has 0 saturated heterocycles. The summed E-state index contributed by atoms with van der Waals surface area (Å²) in [4.78, 5) is 12.5. The van der Waals surface area contributed by atoms with Crippen molar-refractivity contribution in [3.8, 4) is 0 Å². The zero-order chi connectivity index (χ0) is 13.4. The third kappa shape index (κ3) is 5.42. The molecule has 1 rings (SSSR count). The molecule has 0 aliphatic heterocycles. The molecule has 1 aromatic rings. The molecule has 100 valence electrons. The highest BCUT2D eigenvalue weighted by molar-refractivity contribution is 8.00. The van der Waals surface area contributed by atoms with Gasteiger partial charge in [-0.3, -0.25) is 4.79 Å². The number of hydrogen-bond donors (Lipinski definition) is 2. The fraction of sp³-hybridized carbons (Fsp3) is 0.462. The summed E-state index contributed by atoms with van der Waals surface area (Å²) < 4.78 is 4.91. The van der Waals surface area contributed by atoms with Gasteiger partial charge < -0.3 is 15.8 Å². The fourth-order valence-electron chi connectivity index (χ4n) is 1.44. The molecule has 0 saturated carbocycles. The van der Waals surface area contributed by atoms with Crippen molar-refractivity contribution in [2.75, 3.05) is 31.7 Å². The molecule has 5 heteroatoms. The lowest BCUT2D eigenvalue weighted by atomic mass is 10.2. The maximum absolute atomic E-state index is 11.5. The smallest absolute Gasteiger partial charge is 0.230 e. The normalized spacial score (nSPS) is 10.3. The molecule has 0 atom stereocenters. The van der Waals surface area contributed by atoms with E-state index in [1.54, 1.807) is 7.11 Å². The van der Waals surface area contributed by atoms with Gasteiger partial charge >= 0.3 is 0 Å². The number of nitrogens with two attached hydrogens (primary N) is 1. The van der Waals surface area contributed by atoms with Crippen molar-refractivity contribution in [2.45, 2.75) is 18.2 Å². The Hall–Kier alpha value is -1.20. The summed E-state index contributed by atoms with van der Waals surface area (Å²) in [6.07, 6.45) is 0.833. The van der Waals surface area contributed by atoms with E-state index in [-0.39, 0.29) is 5.91 Å². The lowest BCUT2D eigenvalue weighted by molar-refractivity contribution is -0.118. The number of nitrogens with one attached hydrogen (secondary N) is 1. The number of hydrogen-bond acceptors (Lipinski definition) is 4. The van der Waals surface area contributed by atoms with Crippen LogP contribution in [0.25, 0.3) is 0 Å². The van der Waals surface area contributed by atoms with Crippen LogP contribution in [0.5, 0.6) is 0 Å². The number of anilines is 1. The second-order valence-corrected chi connectivity index (χ2v) is 5.04. The van der Waals surface area contributed by atoms with Gasteiger partial charge in [0.15, 0.2) is 0 Å². The number of ether oxygens (including phenoxy) is 1. The molecule has 18 heavy (non-hydrogen) atoms. The Bertz CT molecular complexity index is 397. The van der Waals surface area contributed by atoms with Gasteiger partial charge in [0.05, 0.1) is 5.75 Å². The second-order valence-electron chi connectivity index (χ2n) is 4.03. The molecule has 0 fully saturated rings. The summed E-state index contributed by atoms with van der Waals surface area (Å²) in [6, 6.07) is 5.86. The van der Waals surface area contributed by atoms with Gasteiger partial charge in [-0.05, 0) is 31.0 Å². The standard InChI is InChI=1S/C13H20N2O2S/c1-10-4-5-12(11(14)8-10)18-9-13(16)15-6-3-7-17-2/h4-5,8H,3,6-7,9,14H2,1-2H3,(H,15,16). The molecular weight excluding hydrogens is 248 g/mol. The van der Waals surface area contributed by atoms with Gasteiger partial charge in [-0.2, -0.15) is 0 Å². The quantitative estimate of drug-likeness (QED) is 0.450. The number of thioether (sulfide) groups is 1. The first-order valence-electron chi connectivity index (χ1n) is 5.88. The van der Waals surface area contributed by atoms with Crippen molar-refractivity contribution in [1.29, 1.82) is 0 Å². The Balaban J connectivity index is 2.29. The predicted molar refractivity (Wildman–Crippen MR) is 75.8 cm³/mol. The molecule has 0 bridgehead atoms. The summed E-state index contributed by atoms with van der Waals surface area (Å²) in [5.41, 5.74) is 7.73. The molecule has 4 nitrogen and oxygen atoms in total. The summed E-state index contributed by atoms with van der Waals surface area (Å²) in [6.45, 7) is 3.31. The Labute approximate surface area is 112 Å². The van der Waals surface area contributed by atoms with Crippen molar-refractivity contribution in [3.63, 3.8) is 0 Å². The fourth-order valence-corrected chi connectivity index (χ4v) is 2.22. The molecule has 0 aliphatic rings. The summed E-state index contributed by atoms with van der Waals surface area (Å²) in [5, 5.41) is 2.84. The van der Waals surface area contributed by atoms with Gasteiger partial charge in [0.1, 0.15) is 0 Å². The summed E-state index contributed by atoms with van der Waals surface area (Å²) >= 11 is 1.46. The van der Waals surface area contributed by atoms with Crippen molar-refractivity contribution in [1.82, 2.24) is 5.32 Å². The Morgan fingerprint density at radius 1 is 1.50 bits per heavy atom. The van der Waals surface area contributed by atoms with Gasteiger partial charge in [0.25, 0.3) is 0 Å². The number of methoxy groups -OCH3 is 1. The molecule has 1 amide bonds. The molecule has 1 aromatic carbocycles. The Morgan fingerprint density at radius 2 is 2.28 bits per heavy atom. The molecular formula is C13H20N2O2S. The molecule has 0 aliphatic carbocycles. The maximum atomic E-state index is 11.5. The van der Waals surface area contributed by atoms with Crippen LogP contribution in [-0.4, -0.2) is 31.9 Å². The number of aryl methyl sites for hydroxylation is 1. The number of carbonyl (C=O) groups is 1. The number of amides is 1. The minimum absolute atomic E-state index is 0.0241. The first-order valence-corrected chi connectivity index (χ1v) is 6.86. The number of rotatable bonds is 7. The molecule has 0 radical (unpaired) electrons. The van der Waals surface area contributed by atoms with Crippen LogP contribution < -0.4 is 11.1 Å². The molecule has 0 spiro atoms. The van der Waals surface area contributed by atoms with Crippen LogP contribution in [0.2, 0.25) is 0 Å². The average molecular weight is 268 g/mol. The van der Waals surface area contributed by atoms with Gasteiger partial charge in [0, 0.05) is 30.8 Å². The molecule has 3 N–H and O–H groups in total. The van der Waals surface area contributed by atoms with E-state index < -0.39 is 0 Å². The van der Waals surface area contributed by atoms with Crippen LogP contribution in [0.15, 0.2) is 23.1 Å². The highest BCUT2D eigenvalue weighted by atomic mass is 32.2. The zero-order valence-electron chi connectivity index (χ0n) is 10.9. The monoisotopic (exact) mass is 268 g/mol. The zero-order valence-corrected chi connectivity index (χ0v) is 11.7. The first kappa shape index (κ1) is 14.9. The molecule has 0 heterocycles. The van der Waals surface area contributed by atoms with Crippen LogP contribution in [0.4, 0.5) is 5.69 Å². The summed E-state index contributed by atoms with van der Waals surface area (Å²) in [5.74, 6) is 0.413. The third-order valence-electron chi connectivity index (χ3n) is 2.37. The topological polar surface area (TPSA) is 64.3 Å². The number of benzene rings is 1. The van der Waals surface area contributed by atoms with E-state index in [2.05, 4.69) is 5.32 Å². The van der Waals surface area contributed by atoms with Gasteiger partial charge in [-0.25, -0.2) is 0 Å². The van der Waals surface area contributed by atoms with E-state index in [1.807, 2.05) is 25.1 Å². The van der Waals surface area contributed by atoms with E-state index in [9.17, 15) is 4.79 Å². The minimum atomic E-state index is 0.0241. The number of carbonyl (C=O) groups excluding carboxylic acids is 1. The van der Waals surface area contributed by atoms with E-state index >= 15 is 0 Å². The Kier molecular flexibility index (Phi) is 6.60. The lowest BCUT2D eigenvalue weighted by Crippen LogP contribution is -2.26. The van der Waals surface area contributed by atoms with Gasteiger partial charge in [0.2, 0.25) is 5.91 Å². The van der Waals surface area contributed by atoms with Gasteiger partial charge in [-0.1, -0.05) is 6.07 Å². The maximum Gasteiger partial charge on any atom is 0.230 e. The van der Waals surface area contributed by atoms with Crippen LogP contribution in [0, 0.1) is 6.92 Å². The average Bonchev–Trinajstić information content (AvgIpc) is 2.33. The highest BCUT2D eigenvalue weighted by Crippen LogP contribution is 2.25. The van der Waals surface area contributed by atoms with Crippen LogP contribution in [-0.2, 0) is 9.53 Å². The highest BCUT2D eigenvalue weighted by Gasteiger charge is 2.04. The first-order chi connectivity index (χ1) is 8.63.